The van der Waals surface area contributed by atoms with Crippen molar-refractivity contribution in [2.45, 2.75) is 0 Å². The Hall–Kier alpha value is -2.96. The number of urea groups is 1. The van der Waals surface area contributed by atoms with E-state index >= 15 is 0 Å². The van der Waals surface area contributed by atoms with Crippen molar-refractivity contribution in [3.63, 3.8) is 0 Å². The summed E-state index contributed by atoms with van der Waals surface area (Å²) in [5.41, 5.74) is 0.703. The van der Waals surface area contributed by atoms with Gasteiger partial charge in [-0.15, -0.1) is 0 Å². The molecule has 0 spiro atoms. The normalized spacial score (nSPS) is 14.0. The molecule has 2 N–H and O–H groups in total. The lowest BCUT2D eigenvalue weighted by Crippen LogP contribution is -2.53. The van der Waals surface area contributed by atoms with Gasteiger partial charge >= 0.3 is 12.1 Å². The molecule has 0 saturated carbocycles. The molecule has 7 nitrogen and oxygen atoms in total. The maximum absolute atomic E-state index is 12.1. The van der Waals surface area contributed by atoms with Crippen molar-refractivity contribution in [1.29, 1.82) is 0 Å². The van der Waals surface area contributed by atoms with Crippen LogP contribution in [-0.4, -0.2) is 48.3 Å². The number of hydrogen-bond acceptors (Lipinski definition) is 3. The first kappa shape index (κ1) is 15.9. The molecule has 0 unspecified atom stereocenters. The van der Waals surface area contributed by atoms with Gasteiger partial charge in [0.25, 0.3) is 0 Å². The fourth-order valence-electron chi connectivity index (χ4n) is 2.50. The Balaban J connectivity index is 1.41. The first-order chi connectivity index (χ1) is 11.7. The highest BCUT2D eigenvalue weighted by molar-refractivity contribution is 5.88. The van der Waals surface area contributed by atoms with E-state index in [0.717, 1.165) is 5.75 Å². The predicted octanol–water partition coefficient (Wildman–Crippen LogP) is 2.22. The SMILES string of the molecule is CNC(=O)Nc1ccc(OCC2CN(C(=O)n3cccc3)C2)cc1. The number of benzene rings is 1. The van der Waals surface area contributed by atoms with Gasteiger partial charge in [-0.25, -0.2) is 9.59 Å². The van der Waals surface area contributed by atoms with Crippen LogP contribution in [-0.2, 0) is 0 Å². The fraction of sp³-hybridized carbons (Fsp3) is 0.294. The van der Waals surface area contributed by atoms with Gasteiger partial charge in [-0.3, -0.25) is 4.57 Å². The lowest BCUT2D eigenvalue weighted by Gasteiger charge is -2.38. The Morgan fingerprint density at radius 1 is 1.17 bits per heavy atom. The third-order valence-corrected chi connectivity index (χ3v) is 3.88. The first-order valence-corrected chi connectivity index (χ1v) is 7.79. The van der Waals surface area contributed by atoms with Gasteiger partial charge in [0.05, 0.1) is 6.61 Å². The Morgan fingerprint density at radius 2 is 1.83 bits per heavy atom. The summed E-state index contributed by atoms with van der Waals surface area (Å²) in [5, 5.41) is 5.18. The summed E-state index contributed by atoms with van der Waals surface area (Å²) in [6.45, 7) is 1.97. The van der Waals surface area contributed by atoms with Crippen LogP contribution in [0.4, 0.5) is 15.3 Å². The van der Waals surface area contributed by atoms with Crippen molar-refractivity contribution in [2.24, 2.45) is 5.92 Å². The predicted molar refractivity (Wildman–Crippen MR) is 90.3 cm³/mol. The Labute approximate surface area is 140 Å². The van der Waals surface area contributed by atoms with Gasteiger partial charge in [0, 0.05) is 44.1 Å². The van der Waals surface area contributed by atoms with Crippen molar-refractivity contribution >= 4 is 17.7 Å². The van der Waals surface area contributed by atoms with Gasteiger partial charge in [0.1, 0.15) is 5.75 Å². The molecular formula is C17H20N4O3. The molecule has 1 aliphatic heterocycles. The molecule has 0 radical (unpaired) electrons. The minimum Gasteiger partial charge on any atom is -0.493 e. The lowest BCUT2D eigenvalue weighted by atomic mass is 10.0. The molecule has 3 amide bonds. The zero-order chi connectivity index (χ0) is 16.9. The van der Waals surface area contributed by atoms with Crippen LogP contribution in [0.25, 0.3) is 0 Å². The van der Waals surface area contributed by atoms with Crippen molar-refractivity contribution in [2.75, 3.05) is 32.1 Å². The zero-order valence-corrected chi connectivity index (χ0v) is 13.4. The van der Waals surface area contributed by atoms with E-state index < -0.39 is 0 Å². The molecule has 7 heteroatoms. The Bertz CT molecular complexity index is 691. The molecule has 1 aromatic heterocycles. The second-order valence-electron chi connectivity index (χ2n) is 5.68. The molecule has 0 atom stereocenters. The minimum atomic E-state index is -0.259. The second kappa shape index (κ2) is 7.08. The summed E-state index contributed by atoms with van der Waals surface area (Å²) < 4.78 is 7.32. The number of aromatic nitrogens is 1. The van der Waals surface area contributed by atoms with Crippen molar-refractivity contribution in [3.05, 3.63) is 48.8 Å². The minimum absolute atomic E-state index is 0.000813. The molecule has 1 aromatic carbocycles. The third kappa shape index (κ3) is 3.68. The largest absolute Gasteiger partial charge is 0.493 e. The number of nitrogens with one attached hydrogen (secondary N) is 2. The molecule has 1 fully saturated rings. The third-order valence-electron chi connectivity index (χ3n) is 3.88. The van der Waals surface area contributed by atoms with Crippen LogP contribution in [0.5, 0.6) is 5.75 Å². The molecular weight excluding hydrogens is 308 g/mol. The van der Waals surface area contributed by atoms with Gasteiger partial charge < -0.3 is 20.3 Å². The van der Waals surface area contributed by atoms with Crippen molar-refractivity contribution in [3.8, 4) is 5.75 Å². The topological polar surface area (TPSA) is 75.6 Å². The molecule has 1 saturated heterocycles. The van der Waals surface area contributed by atoms with Gasteiger partial charge in [-0.2, -0.15) is 0 Å². The molecule has 126 valence electrons. The second-order valence-corrected chi connectivity index (χ2v) is 5.68. The smallest absolute Gasteiger partial charge is 0.328 e. The van der Waals surface area contributed by atoms with Crippen LogP contribution in [0.1, 0.15) is 0 Å². The summed E-state index contributed by atoms with van der Waals surface area (Å²) >= 11 is 0. The van der Waals surface area contributed by atoms with Crippen LogP contribution in [0.3, 0.4) is 0 Å². The summed E-state index contributed by atoms with van der Waals surface area (Å²) in [5.74, 6) is 1.08. The summed E-state index contributed by atoms with van der Waals surface area (Å²) in [7, 11) is 1.57. The molecule has 24 heavy (non-hydrogen) atoms. The number of carbonyl (C=O) groups is 2. The number of likely N-dealkylation sites (tertiary alicyclic amines) is 1. The van der Waals surface area contributed by atoms with Crippen LogP contribution in [0.15, 0.2) is 48.8 Å². The summed E-state index contributed by atoms with van der Waals surface area (Å²) in [6.07, 6.45) is 3.50. The van der Waals surface area contributed by atoms with Gasteiger partial charge in [0.2, 0.25) is 0 Å². The maximum Gasteiger partial charge on any atom is 0.328 e. The molecule has 3 rings (SSSR count). The van der Waals surface area contributed by atoms with Gasteiger partial charge in [-0.05, 0) is 36.4 Å². The van der Waals surface area contributed by atoms with Crippen LogP contribution < -0.4 is 15.4 Å². The van der Waals surface area contributed by atoms with Crippen molar-refractivity contribution < 1.29 is 14.3 Å². The zero-order valence-electron chi connectivity index (χ0n) is 13.4. The standard InChI is InChI=1S/C17H20N4O3/c1-18-16(22)19-14-4-6-15(7-5-14)24-12-13-10-21(11-13)17(23)20-8-2-3-9-20/h2-9,13H,10-12H2,1H3,(H2,18,19,22). The molecule has 1 aliphatic rings. The van der Waals surface area contributed by atoms with Crippen LogP contribution in [0, 0.1) is 5.92 Å². The maximum atomic E-state index is 12.1. The lowest BCUT2D eigenvalue weighted by molar-refractivity contribution is 0.0864. The average Bonchev–Trinajstić information content (AvgIpc) is 3.09. The van der Waals surface area contributed by atoms with E-state index in [1.165, 1.54) is 0 Å². The summed E-state index contributed by atoms with van der Waals surface area (Å²) in [4.78, 5) is 25.1. The number of hydrogen-bond donors (Lipinski definition) is 2. The van der Waals surface area contributed by atoms with E-state index in [2.05, 4.69) is 10.6 Å². The highest BCUT2D eigenvalue weighted by Gasteiger charge is 2.31. The highest BCUT2D eigenvalue weighted by Crippen LogP contribution is 2.20. The molecule has 0 aliphatic carbocycles. The highest BCUT2D eigenvalue weighted by atomic mass is 16.5. The average molecular weight is 328 g/mol. The van der Waals surface area contributed by atoms with E-state index in [-0.39, 0.29) is 12.1 Å². The molecule has 0 bridgehead atoms. The number of amides is 3. The number of ether oxygens (including phenoxy) is 1. The Morgan fingerprint density at radius 3 is 2.46 bits per heavy atom. The van der Waals surface area contributed by atoms with Gasteiger partial charge in [-0.1, -0.05) is 0 Å². The molecule has 2 aromatic rings. The van der Waals surface area contributed by atoms with Crippen LogP contribution in [0.2, 0.25) is 0 Å². The van der Waals surface area contributed by atoms with E-state index in [4.69, 9.17) is 4.74 Å². The van der Waals surface area contributed by atoms with E-state index in [1.807, 2.05) is 24.3 Å². The van der Waals surface area contributed by atoms with Crippen molar-refractivity contribution in [1.82, 2.24) is 14.8 Å². The quantitative estimate of drug-likeness (QED) is 0.903. The number of rotatable bonds is 4. The van der Waals surface area contributed by atoms with E-state index in [0.29, 0.717) is 31.3 Å². The Kier molecular flexibility index (Phi) is 4.69. The number of carbonyl (C=O) groups excluding carboxylic acids is 2. The molecule has 2 heterocycles. The van der Waals surface area contributed by atoms with Gasteiger partial charge in [0.15, 0.2) is 0 Å². The fourth-order valence-corrected chi connectivity index (χ4v) is 2.50. The van der Waals surface area contributed by atoms with E-state index in [1.54, 1.807) is 41.0 Å². The number of nitrogens with zero attached hydrogens (tertiary/aromatic N) is 2. The summed E-state index contributed by atoms with van der Waals surface area (Å²) in [6, 6.07) is 10.6. The first-order valence-electron chi connectivity index (χ1n) is 7.79. The number of anilines is 1. The van der Waals surface area contributed by atoms with Crippen LogP contribution >= 0.6 is 0 Å². The van der Waals surface area contributed by atoms with E-state index in [9.17, 15) is 9.59 Å². The monoisotopic (exact) mass is 328 g/mol.